The van der Waals surface area contributed by atoms with E-state index in [1.165, 1.54) is 17.0 Å². The van der Waals surface area contributed by atoms with E-state index in [2.05, 4.69) is 35.2 Å². The molecule has 0 aromatic heterocycles. The van der Waals surface area contributed by atoms with Gasteiger partial charge >= 0.3 is 0 Å². The molecule has 2 rings (SSSR count). The number of piperidine rings is 1. The van der Waals surface area contributed by atoms with Gasteiger partial charge in [-0.3, -0.25) is 29.1 Å². The molecular weight excluding hydrogens is 487 g/mol. The largest absolute Gasteiger partial charge is 0.343 e. The Morgan fingerprint density at radius 1 is 1.19 bits per heavy atom. The summed E-state index contributed by atoms with van der Waals surface area (Å²) in [6, 6.07) is -0.820. The second-order valence-electron chi connectivity index (χ2n) is 10.2. The van der Waals surface area contributed by atoms with E-state index in [0.717, 1.165) is 17.7 Å². The van der Waals surface area contributed by atoms with E-state index in [1.807, 2.05) is 32.8 Å². The van der Waals surface area contributed by atoms with Gasteiger partial charge in [0.25, 0.3) is 17.7 Å². The molecule has 2 heterocycles. The fraction of sp³-hybridized carbons (Fsp3) is 0.750. The molecular formula is C24H39FN6O4S. The van der Waals surface area contributed by atoms with Crippen LogP contribution in [0.25, 0.3) is 0 Å². The molecule has 4 amide bonds. The third kappa shape index (κ3) is 7.82. The first-order valence-electron chi connectivity index (χ1n) is 12.2. The minimum absolute atomic E-state index is 0.0543. The van der Waals surface area contributed by atoms with Crippen LogP contribution >= 0.6 is 12.6 Å². The van der Waals surface area contributed by atoms with Crippen molar-refractivity contribution in [3.05, 3.63) is 0 Å². The summed E-state index contributed by atoms with van der Waals surface area (Å²) in [5.41, 5.74) is 0.285. The zero-order valence-corrected chi connectivity index (χ0v) is 23.0. The van der Waals surface area contributed by atoms with Crippen LogP contribution in [0.4, 0.5) is 4.39 Å². The fourth-order valence-corrected chi connectivity index (χ4v) is 4.13. The van der Waals surface area contributed by atoms with Crippen LogP contribution in [-0.4, -0.2) is 113 Å². The normalized spacial score (nSPS) is 20.8. The predicted molar refractivity (Wildman–Crippen MR) is 137 cm³/mol. The highest BCUT2D eigenvalue weighted by atomic mass is 32.1. The Balaban J connectivity index is 1.86. The zero-order valence-electron chi connectivity index (χ0n) is 22.1. The fourth-order valence-electron chi connectivity index (χ4n) is 3.81. The van der Waals surface area contributed by atoms with Crippen molar-refractivity contribution in [1.29, 1.82) is 0 Å². The summed E-state index contributed by atoms with van der Waals surface area (Å²) in [6.45, 7) is 5.56. The van der Waals surface area contributed by atoms with Crippen LogP contribution in [0, 0.1) is 11.8 Å². The lowest BCUT2D eigenvalue weighted by molar-refractivity contribution is -0.150. The number of halogens is 1. The van der Waals surface area contributed by atoms with Gasteiger partial charge in [-0.25, -0.2) is 9.82 Å². The van der Waals surface area contributed by atoms with Gasteiger partial charge in [-0.05, 0) is 53.6 Å². The lowest BCUT2D eigenvalue weighted by Crippen LogP contribution is -2.57. The Morgan fingerprint density at radius 2 is 1.81 bits per heavy atom. The number of nitrogens with zero attached hydrogens (tertiary/aromatic N) is 4. The number of carbonyl (C=O) groups is 4. The molecule has 2 atom stereocenters. The lowest BCUT2D eigenvalue weighted by Gasteiger charge is -2.36. The van der Waals surface area contributed by atoms with Gasteiger partial charge in [0.05, 0.1) is 17.5 Å². The van der Waals surface area contributed by atoms with Crippen LogP contribution in [0.5, 0.6) is 0 Å². The molecule has 2 fully saturated rings. The average molecular weight is 527 g/mol. The van der Waals surface area contributed by atoms with E-state index >= 15 is 4.39 Å². The number of rotatable bonds is 6. The van der Waals surface area contributed by atoms with Gasteiger partial charge in [-0.2, -0.15) is 12.6 Å². The van der Waals surface area contributed by atoms with Crippen molar-refractivity contribution in [1.82, 2.24) is 30.5 Å². The van der Waals surface area contributed by atoms with Crippen LogP contribution < -0.4 is 10.7 Å². The number of hydrogen-bond donors (Lipinski definition) is 3. The average Bonchev–Trinajstić information content (AvgIpc) is 2.81. The highest BCUT2D eigenvalue weighted by molar-refractivity contribution is 7.80. The molecule has 10 nitrogen and oxygen atoms in total. The quantitative estimate of drug-likeness (QED) is 0.333. The van der Waals surface area contributed by atoms with Crippen LogP contribution in [0.1, 0.15) is 46.5 Å². The maximum atomic E-state index is 15.5. The summed E-state index contributed by atoms with van der Waals surface area (Å²) in [7, 11) is 5.07. The molecule has 0 aromatic carbocycles. The van der Waals surface area contributed by atoms with Crippen molar-refractivity contribution >= 4 is 36.3 Å². The number of hydrogen-bond acceptors (Lipinski definition) is 7. The molecule has 202 valence electrons. The van der Waals surface area contributed by atoms with E-state index < -0.39 is 41.5 Å². The summed E-state index contributed by atoms with van der Waals surface area (Å²) >= 11 is 4.32. The highest BCUT2D eigenvalue weighted by Crippen LogP contribution is 2.28. The smallest absolute Gasteiger partial charge is 0.298 e. The van der Waals surface area contributed by atoms with Crippen molar-refractivity contribution < 1.29 is 23.6 Å². The molecule has 2 aliphatic rings. The molecule has 0 aromatic rings. The molecule has 2 N–H and O–H groups in total. The van der Waals surface area contributed by atoms with Crippen molar-refractivity contribution in [2.24, 2.45) is 0 Å². The van der Waals surface area contributed by atoms with Gasteiger partial charge < -0.3 is 15.1 Å². The molecule has 0 aliphatic carbocycles. The molecule has 2 saturated heterocycles. The minimum atomic E-state index is -2.18. The zero-order chi connectivity index (χ0) is 27.3. The monoisotopic (exact) mass is 526 g/mol. The number of nitrogens with one attached hydrogen (secondary N) is 2. The van der Waals surface area contributed by atoms with Gasteiger partial charge in [0, 0.05) is 39.5 Å². The van der Waals surface area contributed by atoms with Crippen molar-refractivity contribution in [3.63, 3.8) is 0 Å². The molecule has 2 aliphatic heterocycles. The molecule has 12 heteroatoms. The summed E-state index contributed by atoms with van der Waals surface area (Å²) in [6.07, 6.45) is 1.28. The Hall–Kier alpha value is -2.36. The van der Waals surface area contributed by atoms with Gasteiger partial charge in [-0.1, -0.05) is 5.92 Å². The number of likely N-dealkylation sites (tertiary alicyclic amines) is 1. The standard InChI is InChI=1S/C24H39FN6O4S/c1-17(21(34)31-13-7-8-19(36)27-31)26-18(32)16-29(6)22(35)24(25)11-14-30(15-12-24)20(33)9-10-23(2,3)28(4)5/h17,19,27,36H,7-8,11-16H2,1-6H3,(H,26,32)/t17-,19+/m0/s1. The maximum Gasteiger partial charge on any atom is 0.298 e. The van der Waals surface area contributed by atoms with Crippen LogP contribution in [-0.2, 0) is 19.2 Å². The number of thiol groups is 1. The van der Waals surface area contributed by atoms with E-state index in [0.29, 0.717) is 6.54 Å². The highest BCUT2D eigenvalue weighted by Gasteiger charge is 2.44. The van der Waals surface area contributed by atoms with Gasteiger partial charge in [0.1, 0.15) is 6.04 Å². The van der Waals surface area contributed by atoms with Crippen LogP contribution in [0.2, 0.25) is 0 Å². The number of likely N-dealkylation sites (N-methyl/N-ethyl adjacent to an activating group) is 1. The van der Waals surface area contributed by atoms with E-state index in [-0.39, 0.29) is 37.2 Å². The summed E-state index contributed by atoms with van der Waals surface area (Å²) in [4.78, 5) is 54.6. The molecule has 0 bridgehead atoms. The Morgan fingerprint density at radius 3 is 2.36 bits per heavy atom. The summed E-state index contributed by atoms with van der Waals surface area (Å²) in [5.74, 6) is 3.43. The number of hydrazine groups is 1. The Bertz CT molecular complexity index is 910. The number of carbonyl (C=O) groups excluding carboxylic acids is 4. The van der Waals surface area contributed by atoms with Gasteiger partial charge in [-0.15, -0.1) is 0 Å². The van der Waals surface area contributed by atoms with E-state index in [4.69, 9.17) is 0 Å². The molecule has 0 radical (unpaired) electrons. The Labute approximate surface area is 218 Å². The van der Waals surface area contributed by atoms with Crippen LogP contribution in [0.3, 0.4) is 0 Å². The second kappa shape index (κ2) is 12.3. The summed E-state index contributed by atoms with van der Waals surface area (Å²) < 4.78 is 15.5. The minimum Gasteiger partial charge on any atom is -0.343 e. The van der Waals surface area contributed by atoms with Crippen molar-refractivity contribution in [3.8, 4) is 11.8 Å². The number of alkyl halides is 1. The van der Waals surface area contributed by atoms with Crippen LogP contribution in [0.15, 0.2) is 0 Å². The van der Waals surface area contributed by atoms with E-state index in [1.54, 1.807) is 6.92 Å². The maximum absolute atomic E-state index is 15.5. The third-order valence-electron chi connectivity index (χ3n) is 6.73. The molecule has 0 unspecified atom stereocenters. The first-order valence-corrected chi connectivity index (χ1v) is 12.7. The predicted octanol–water partition coefficient (Wildman–Crippen LogP) is 0.00670. The third-order valence-corrected chi connectivity index (χ3v) is 7.10. The van der Waals surface area contributed by atoms with Gasteiger partial charge in [0.15, 0.2) is 5.67 Å². The number of amides is 4. The molecule has 0 spiro atoms. The molecule has 0 saturated carbocycles. The SMILES string of the molecule is C[C@H](NC(=O)CN(C)C(=O)C1(F)CCN(C(=O)C#CC(C)(C)N(C)C)CC1)C(=O)N1CCC[C@@H](S)N1. The first kappa shape index (κ1) is 29.9. The summed E-state index contributed by atoms with van der Waals surface area (Å²) in [5, 5.41) is 3.86. The lowest BCUT2D eigenvalue weighted by atomic mass is 9.91. The Kier molecular flexibility index (Phi) is 10.2. The van der Waals surface area contributed by atoms with Gasteiger partial charge in [0.2, 0.25) is 5.91 Å². The van der Waals surface area contributed by atoms with E-state index in [9.17, 15) is 19.2 Å². The second-order valence-corrected chi connectivity index (χ2v) is 10.8. The molecule has 36 heavy (non-hydrogen) atoms. The first-order chi connectivity index (χ1) is 16.7. The topological polar surface area (TPSA) is 105 Å². The van der Waals surface area contributed by atoms with Crippen molar-refractivity contribution in [2.75, 3.05) is 47.3 Å². The van der Waals surface area contributed by atoms with Crippen molar-refractivity contribution in [2.45, 2.75) is 69.1 Å².